The van der Waals surface area contributed by atoms with Gasteiger partial charge < -0.3 is 15.4 Å². The zero-order valence-corrected chi connectivity index (χ0v) is 15.3. The topological polar surface area (TPSA) is 67.4 Å². The van der Waals surface area contributed by atoms with Crippen LogP contribution in [0.15, 0.2) is 30.3 Å². The monoisotopic (exact) mass is 346 g/mol. The maximum Gasteiger partial charge on any atom is 0.408 e. The van der Waals surface area contributed by atoms with Gasteiger partial charge in [0.25, 0.3) is 0 Å². The van der Waals surface area contributed by atoms with Crippen molar-refractivity contribution in [2.45, 2.75) is 71.1 Å². The number of carbonyl (C=O) groups is 2. The van der Waals surface area contributed by atoms with E-state index in [4.69, 9.17) is 4.74 Å². The molecule has 0 spiro atoms. The fourth-order valence-electron chi connectivity index (χ4n) is 3.14. The van der Waals surface area contributed by atoms with Gasteiger partial charge in [-0.2, -0.15) is 0 Å². The van der Waals surface area contributed by atoms with Gasteiger partial charge in [0.15, 0.2) is 0 Å². The van der Waals surface area contributed by atoms with E-state index >= 15 is 0 Å². The van der Waals surface area contributed by atoms with Crippen molar-refractivity contribution in [3.63, 3.8) is 0 Å². The molecule has 1 saturated carbocycles. The molecule has 2 rings (SSSR count). The molecular formula is C20H30N2O3. The van der Waals surface area contributed by atoms with Crippen LogP contribution >= 0.6 is 0 Å². The van der Waals surface area contributed by atoms with E-state index in [2.05, 4.69) is 10.6 Å². The Labute approximate surface area is 150 Å². The summed E-state index contributed by atoms with van der Waals surface area (Å²) in [7, 11) is 0. The minimum absolute atomic E-state index is 0.00458. The predicted octanol–water partition coefficient (Wildman–Crippen LogP) is 3.78. The van der Waals surface area contributed by atoms with Gasteiger partial charge in [0.2, 0.25) is 5.91 Å². The van der Waals surface area contributed by atoms with Gasteiger partial charge in [-0.1, -0.05) is 69.9 Å². The van der Waals surface area contributed by atoms with Gasteiger partial charge in [0.05, 0.1) is 0 Å². The second-order valence-electron chi connectivity index (χ2n) is 7.12. The molecule has 1 fully saturated rings. The minimum Gasteiger partial charge on any atom is -0.445 e. The average Bonchev–Trinajstić information content (AvgIpc) is 2.87. The Hall–Kier alpha value is -2.04. The molecule has 25 heavy (non-hydrogen) atoms. The highest BCUT2D eigenvalue weighted by molar-refractivity contribution is 5.86. The highest BCUT2D eigenvalue weighted by atomic mass is 16.5. The van der Waals surface area contributed by atoms with Crippen molar-refractivity contribution in [1.29, 1.82) is 0 Å². The summed E-state index contributed by atoms with van der Waals surface area (Å²) in [5.41, 5.74) is 0.918. The number of amides is 2. The summed E-state index contributed by atoms with van der Waals surface area (Å²) in [5, 5.41) is 5.83. The molecule has 5 nitrogen and oxygen atoms in total. The van der Waals surface area contributed by atoms with E-state index in [1.54, 1.807) is 0 Å². The molecule has 0 heterocycles. The summed E-state index contributed by atoms with van der Waals surface area (Å²) in [6.45, 7) is 4.05. The number of alkyl carbamates (subject to hydrolysis) is 1. The van der Waals surface area contributed by atoms with E-state index in [1.165, 1.54) is 12.8 Å². The molecule has 1 aromatic carbocycles. The van der Waals surface area contributed by atoms with Gasteiger partial charge in [-0.3, -0.25) is 4.79 Å². The fourth-order valence-corrected chi connectivity index (χ4v) is 3.14. The maximum absolute atomic E-state index is 12.6. The summed E-state index contributed by atoms with van der Waals surface area (Å²) in [5.74, 6) is -0.117. The van der Waals surface area contributed by atoms with Gasteiger partial charge in [0, 0.05) is 6.04 Å². The van der Waals surface area contributed by atoms with Crippen molar-refractivity contribution in [1.82, 2.24) is 10.6 Å². The Balaban J connectivity index is 1.83. The smallest absolute Gasteiger partial charge is 0.408 e. The average molecular weight is 346 g/mol. The normalized spacial score (nSPS) is 16.8. The molecule has 0 saturated heterocycles. The molecule has 1 aromatic rings. The van der Waals surface area contributed by atoms with Crippen LogP contribution in [-0.2, 0) is 16.1 Å². The van der Waals surface area contributed by atoms with Crippen LogP contribution in [0.1, 0.15) is 57.9 Å². The third kappa shape index (κ3) is 6.77. The van der Waals surface area contributed by atoms with Crippen LogP contribution in [0.5, 0.6) is 0 Å². The Morgan fingerprint density at radius 2 is 1.72 bits per heavy atom. The molecule has 0 unspecified atom stereocenters. The van der Waals surface area contributed by atoms with Crippen LogP contribution < -0.4 is 10.6 Å². The number of carbonyl (C=O) groups excluding carboxylic acids is 2. The van der Waals surface area contributed by atoms with Crippen molar-refractivity contribution in [3.05, 3.63) is 35.9 Å². The van der Waals surface area contributed by atoms with Crippen LogP contribution in [0.3, 0.4) is 0 Å². The van der Waals surface area contributed by atoms with Gasteiger partial charge in [-0.15, -0.1) is 0 Å². The van der Waals surface area contributed by atoms with Gasteiger partial charge in [0.1, 0.15) is 12.6 Å². The number of rotatable bonds is 6. The van der Waals surface area contributed by atoms with Crippen LogP contribution in [0.4, 0.5) is 4.79 Å². The number of hydrogen-bond acceptors (Lipinski definition) is 3. The first-order valence-electron chi connectivity index (χ1n) is 9.34. The first-order chi connectivity index (χ1) is 12.1. The fraction of sp³-hybridized carbons (Fsp3) is 0.600. The Bertz CT molecular complexity index is 537. The van der Waals surface area contributed by atoms with Crippen LogP contribution in [-0.4, -0.2) is 24.1 Å². The van der Waals surface area contributed by atoms with E-state index in [1.807, 2.05) is 44.2 Å². The van der Waals surface area contributed by atoms with E-state index in [9.17, 15) is 9.59 Å². The quantitative estimate of drug-likeness (QED) is 0.770. The summed E-state index contributed by atoms with van der Waals surface area (Å²) in [6.07, 6.45) is 6.28. The summed E-state index contributed by atoms with van der Waals surface area (Å²) < 4.78 is 5.24. The third-order valence-electron chi connectivity index (χ3n) is 4.64. The standard InChI is InChI=1S/C20H30N2O3/c1-15(2)18(19(23)21-17-12-8-3-4-9-13-17)22-20(24)25-14-16-10-6-5-7-11-16/h5-7,10-11,15,17-18H,3-4,8-9,12-14H2,1-2H3,(H,21,23)(H,22,24)/t18-/m0/s1. The Morgan fingerprint density at radius 3 is 2.32 bits per heavy atom. The molecule has 138 valence electrons. The molecule has 1 atom stereocenters. The first kappa shape index (κ1) is 19.3. The summed E-state index contributed by atoms with van der Waals surface area (Å²) in [4.78, 5) is 24.7. The summed E-state index contributed by atoms with van der Waals surface area (Å²) in [6, 6.07) is 9.14. The lowest BCUT2D eigenvalue weighted by Gasteiger charge is -2.24. The molecule has 0 radical (unpaired) electrons. The minimum atomic E-state index is -0.577. The van der Waals surface area contributed by atoms with Gasteiger partial charge >= 0.3 is 6.09 Å². The second kappa shape index (κ2) is 10.1. The first-order valence-corrected chi connectivity index (χ1v) is 9.34. The zero-order valence-electron chi connectivity index (χ0n) is 15.3. The van der Waals surface area contributed by atoms with E-state index in [0.29, 0.717) is 0 Å². The Morgan fingerprint density at radius 1 is 1.08 bits per heavy atom. The highest BCUT2D eigenvalue weighted by Gasteiger charge is 2.27. The van der Waals surface area contributed by atoms with Crippen LogP contribution in [0.25, 0.3) is 0 Å². The molecule has 2 amide bonds. The maximum atomic E-state index is 12.6. The highest BCUT2D eigenvalue weighted by Crippen LogP contribution is 2.17. The molecule has 5 heteroatoms. The van der Waals surface area contributed by atoms with Gasteiger partial charge in [-0.05, 0) is 24.3 Å². The van der Waals surface area contributed by atoms with Crippen molar-refractivity contribution in [3.8, 4) is 0 Å². The van der Waals surface area contributed by atoms with Crippen LogP contribution in [0.2, 0.25) is 0 Å². The van der Waals surface area contributed by atoms with Crippen molar-refractivity contribution in [2.75, 3.05) is 0 Å². The van der Waals surface area contributed by atoms with E-state index < -0.39 is 12.1 Å². The largest absolute Gasteiger partial charge is 0.445 e. The molecule has 0 aliphatic heterocycles. The van der Waals surface area contributed by atoms with Crippen LogP contribution in [0, 0.1) is 5.92 Å². The third-order valence-corrected chi connectivity index (χ3v) is 4.64. The number of nitrogens with one attached hydrogen (secondary N) is 2. The van der Waals surface area contributed by atoms with Crippen molar-refractivity contribution < 1.29 is 14.3 Å². The molecule has 1 aliphatic carbocycles. The lowest BCUT2D eigenvalue weighted by atomic mass is 10.0. The number of ether oxygens (including phenoxy) is 1. The molecule has 2 N–H and O–H groups in total. The number of hydrogen-bond donors (Lipinski definition) is 2. The Kier molecular flexibility index (Phi) is 7.76. The zero-order chi connectivity index (χ0) is 18.1. The SMILES string of the molecule is CC(C)[C@H](NC(=O)OCc1ccccc1)C(=O)NC1CCCCCC1. The van der Waals surface area contributed by atoms with Crippen molar-refractivity contribution >= 4 is 12.0 Å². The van der Waals surface area contributed by atoms with Gasteiger partial charge in [-0.25, -0.2) is 4.79 Å². The summed E-state index contributed by atoms with van der Waals surface area (Å²) >= 11 is 0. The lowest BCUT2D eigenvalue weighted by molar-refractivity contribution is -0.124. The van der Waals surface area contributed by atoms with Crippen molar-refractivity contribution in [2.24, 2.45) is 5.92 Å². The molecular weight excluding hydrogens is 316 g/mol. The lowest BCUT2D eigenvalue weighted by Crippen LogP contribution is -2.52. The molecule has 0 aromatic heterocycles. The number of benzene rings is 1. The molecule has 0 bridgehead atoms. The second-order valence-corrected chi connectivity index (χ2v) is 7.12. The van der Waals surface area contributed by atoms with E-state index in [0.717, 1.165) is 31.2 Å². The molecule has 1 aliphatic rings. The predicted molar refractivity (Wildman–Crippen MR) is 98.0 cm³/mol. The van der Waals surface area contributed by atoms with E-state index in [-0.39, 0.29) is 24.5 Å².